The van der Waals surface area contributed by atoms with E-state index >= 15 is 0 Å². The molecule has 2 aromatic heterocycles. The van der Waals surface area contributed by atoms with Gasteiger partial charge >= 0.3 is 0 Å². The zero-order valence-corrected chi connectivity index (χ0v) is 11.7. The van der Waals surface area contributed by atoms with E-state index in [9.17, 15) is 0 Å². The molecule has 0 atom stereocenters. The lowest BCUT2D eigenvalue weighted by Gasteiger charge is -2.12. The van der Waals surface area contributed by atoms with E-state index in [4.69, 9.17) is 10.7 Å². The van der Waals surface area contributed by atoms with Gasteiger partial charge in [-0.05, 0) is 43.7 Å². The van der Waals surface area contributed by atoms with Crippen LogP contribution in [0.25, 0.3) is 22.6 Å². The van der Waals surface area contributed by atoms with Crippen LogP contribution in [0.5, 0.6) is 0 Å². The molecule has 4 nitrogen and oxygen atoms in total. The monoisotopic (exact) mass is 266 g/mol. The molecule has 0 aliphatic heterocycles. The number of nitrogens with two attached hydrogens (primary N) is 1. The van der Waals surface area contributed by atoms with Crippen molar-refractivity contribution >= 4 is 11.0 Å². The van der Waals surface area contributed by atoms with Gasteiger partial charge in [0, 0.05) is 18.8 Å². The van der Waals surface area contributed by atoms with E-state index in [1.165, 1.54) is 0 Å². The highest BCUT2D eigenvalue weighted by atomic mass is 15.1. The first kappa shape index (κ1) is 12.8. The average molecular weight is 266 g/mol. The summed E-state index contributed by atoms with van der Waals surface area (Å²) in [7, 11) is 0. The Morgan fingerprint density at radius 3 is 2.70 bits per heavy atom. The minimum atomic E-state index is 0.320. The number of rotatable bonds is 3. The van der Waals surface area contributed by atoms with Gasteiger partial charge in [0.2, 0.25) is 0 Å². The molecular weight excluding hydrogens is 248 g/mol. The van der Waals surface area contributed by atoms with Crippen LogP contribution >= 0.6 is 0 Å². The van der Waals surface area contributed by atoms with Gasteiger partial charge in [0.1, 0.15) is 5.69 Å². The minimum absolute atomic E-state index is 0.320. The molecule has 2 heterocycles. The lowest BCUT2D eigenvalue weighted by Crippen LogP contribution is -2.04. The highest BCUT2D eigenvalue weighted by Gasteiger charge is 2.15. The molecule has 20 heavy (non-hydrogen) atoms. The molecule has 0 aliphatic carbocycles. The molecule has 0 spiro atoms. The second-order valence-corrected chi connectivity index (χ2v) is 5.14. The molecule has 0 unspecified atom stereocenters. The smallest absolute Gasteiger partial charge is 0.160 e. The summed E-state index contributed by atoms with van der Waals surface area (Å²) in [5, 5.41) is 0. The first-order valence-corrected chi connectivity index (χ1v) is 6.83. The van der Waals surface area contributed by atoms with E-state index in [1.807, 2.05) is 18.2 Å². The topological polar surface area (TPSA) is 56.7 Å². The van der Waals surface area contributed by atoms with Crippen molar-refractivity contribution in [1.82, 2.24) is 14.5 Å². The highest BCUT2D eigenvalue weighted by molar-refractivity contribution is 5.81. The van der Waals surface area contributed by atoms with Gasteiger partial charge in [-0.15, -0.1) is 0 Å². The zero-order valence-electron chi connectivity index (χ0n) is 11.7. The van der Waals surface area contributed by atoms with Crippen molar-refractivity contribution in [3.63, 3.8) is 0 Å². The van der Waals surface area contributed by atoms with Crippen LogP contribution in [0.4, 0.5) is 0 Å². The fraction of sp³-hybridized carbons (Fsp3) is 0.250. The first-order valence-electron chi connectivity index (χ1n) is 6.83. The number of pyridine rings is 1. The maximum Gasteiger partial charge on any atom is 0.160 e. The van der Waals surface area contributed by atoms with Crippen molar-refractivity contribution in [2.24, 2.45) is 5.73 Å². The molecule has 0 bridgehead atoms. The number of aromatic nitrogens is 3. The summed E-state index contributed by atoms with van der Waals surface area (Å²) in [5.74, 6) is 0.907. The molecule has 0 amide bonds. The summed E-state index contributed by atoms with van der Waals surface area (Å²) in [4.78, 5) is 9.18. The van der Waals surface area contributed by atoms with Crippen molar-refractivity contribution in [3.8, 4) is 11.5 Å². The SMILES string of the molecule is CC(C)n1c(-c2ccccn2)nc2cc(CN)ccc21. The molecule has 0 saturated heterocycles. The van der Waals surface area contributed by atoms with Gasteiger partial charge in [-0.1, -0.05) is 12.1 Å². The predicted octanol–water partition coefficient (Wildman–Crippen LogP) is 3.14. The standard InChI is InChI=1S/C16H18N4/c1-11(2)20-15-7-6-12(10-17)9-14(15)19-16(20)13-5-3-4-8-18-13/h3-9,11H,10,17H2,1-2H3. The van der Waals surface area contributed by atoms with Crippen LogP contribution in [-0.2, 0) is 6.54 Å². The summed E-state index contributed by atoms with van der Waals surface area (Å²) in [6, 6.07) is 12.4. The molecule has 0 saturated carbocycles. The number of hydrogen-bond donors (Lipinski definition) is 1. The molecule has 102 valence electrons. The molecule has 3 aromatic rings. The Kier molecular flexibility index (Phi) is 3.24. The predicted molar refractivity (Wildman–Crippen MR) is 81.2 cm³/mol. The third kappa shape index (κ3) is 2.08. The Morgan fingerprint density at radius 1 is 1.20 bits per heavy atom. The Hall–Kier alpha value is -2.20. The lowest BCUT2D eigenvalue weighted by molar-refractivity contribution is 0.623. The third-order valence-corrected chi connectivity index (χ3v) is 3.40. The van der Waals surface area contributed by atoms with Crippen molar-refractivity contribution in [2.75, 3.05) is 0 Å². The molecule has 0 fully saturated rings. The average Bonchev–Trinajstić information content (AvgIpc) is 2.86. The van der Waals surface area contributed by atoms with Crippen LogP contribution in [0.3, 0.4) is 0 Å². The second kappa shape index (κ2) is 5.06. The Labute approximate surface area is 118 Å². The third-order valence-electron chi connectivity index (χ3n) is 3.40. The molecule has 0 radical (unpaired) electrons. The van der Waals surface area contributed by atoms with Crippen LogP contribution in [0.15, 0.2) is 42.6 Å². The van der Waals surface area contributed by atoms with Crippen LogP contribution < -0.4 is 5.73 Å². The van der Waals surface area contributed by atoms with E-state index in [0.29, 0.717) is 12.6 Å². The van der Waals surface area contributed by atoms with E-state index in [0.717, 1.165) is 28.1 Å². The largest absolute Gasteiger partial charge is 0.326 e. The Balaban J connectivity index is 2.28. The Morgan fingerprint density at radius 2 is 2.05 bits per heavy atom. The lowest BCUT2D eigenvalue weighted by atomic mass is 10.2. The molecular formula is C16H18N4. The van der Waals surface area contributed by atoms with Crippen molar-refractivity contribution < 1.29 is 0 Å². The summed E-state index contributed by atoms with van der Waals surface area (Å²) in [6.45, 7) is 4.85. The Bertz CT molecular complexity index is 729. The number of fused-ring (bicyclic) bond motifs is 1. The summed E-state index contributed by atoms with van der Waals surface area (Å²) in [6.07, 6.45) is 1.80. The number of nitrogens with zero attached hydrogens (tertiary/aromatic N) is 3. The van der Waals surface area contributed by atoms with E-state index in [1.54, 1.807) is 6.20 Å². The molecule has 3 rings (SSSR count). The molecule has 1 aromatic carbocycles. The zero-order chi connectivity index (χ0) is 14.1. The van der Waals surface area contributed by atoms with Gasteiger partial charge in [-0.2, -0.15) is 0 Å². The van der Waals surface area contributed by atoms with Crippen LogP contribution in [0.2, 0.25) is 0 Å². The molecule has 4 heteroatoms. The maximum absolute atomic E-state index is 5.71. The molecule has 0 aliphatic rings. The van der Waals surface area contributed by atoms with Gasteiger partial charge in [0.05, 0.1) is 11.0 Å². The van der Waals surface area contributed by atoms with Crippen molar-refractivity contribution in [2.45, 2.75) is 26.4 Å². The van der Waals surface area contributed by atoms with Crippen molar-refractivity contribution in [1.29, 1.82) is 0 Å². The molecule has 2 N–H and O–H groups in total. The van der Waals surface area contributed by atoms with Gasteiger partial charge in [-0.3, -0.25) is 4.98 Å². The fourth-order valence-corrected chi connectivity index (χ4v) is 2.47. The van der Waals surface area contributed by atoms with E-state index in [-0.39, 0.29) is 0 Å². The van der Waals surface area contributed by atoms with Crippen LogP contribution in [-0.4, -0.2) is 14.5 Å². The number of hydrogen-bond acceptors (Lipinski definition) is 3. The van der Waals surface area contributed by atoms with Crippen LogP contribution in [0, 0.1) is 0 Å². The minimum Gasteiger partial charge on any atom is -0.326 e. The fourth-order valence-electron chi connectivity index (χ4n) is 2.47. The van der Waals surface area contributed by atoms with E-state index in [2.05, 4.69) is 41.6 Å². The maximum atomic E-state index is 5.71. The van der Waals surface area contributed by atoms with Crippen LogP contribution in [0.1, 0.15) is 25.5 Å². The van der Waals surface area contributed by atoms with Gasteiger partial charge in [-0.25, -0.2) is 4.98 Å². The van der Waals surface area contributed by atoms with Gasteiger partial charge in [0.25, 0.3) is 0 Å². The number of imidazole rings is 1. The van der Waals surface area contributed by atoms with E-state index < -0.39 is 0 Å². The quantitative estimate of drug-likeness (QED) is 0.792. The number of benzene rings is 1. The first-order chi connectivity index (χ1) is 9.70. The van der Waals surface area contributed by atoms with Gasteiger partial charge in [0.15, 0.2) is 5.82 Å². The van der Waals surface area contributed by atoms with Gasteiger partial charge < -0.3 is 10.3 Å². The summed E-state index contributed by atoms with van der Waals surface area (Å²) in [5.41, 5.74) is 9.80. The summed E-state index contributed by atoms with van der Waals surface area (Å²) >= 11 is 0. The normalized spacial score (nSPS) is 11.4. The summed E-state index contributed by atoms with van der Waals surface area (Å²) < 4.78 is 2.22. The second-order valence-electron chi connectivity index (χ2n) is 5.14. The highest BCUT2D eigenvalue weighted by Crippen LogP contribution is 2.27. The van der Waals surface area contributed by atoms with Crippen molar-refractivity contribution in [3.05, 3.63) is 48.2 Å².